The number of halogens is 1. The summed E-state index contributed by atoms with van der Waals surface area (Å²) in [5.74, 6) is 2.85. The van der Waals surface area contributed by atoms with Crippen LogP contribution in [-0.2, 0) is 0 Å². The Balaban J connectivity index is 2.12. The van der Waals surface area contributed by atoms with Crippen LogP contribution in [0.1, 0.15) is 62.0 Å². The topological polar surface area (TPSA) is 38.9 Å². The fraction of sp³-hybridized carbons (Fsp3) is 0.818. The second-order valence-corrected chi connectivity index (χ2v) is 5.49. The Kier molecular flexibility index (Phi) is 3.44. The van der Waals surface area contributed by atoms with E-state index in [-0.39, 0.29) is 4.83 Å². The molecule has 2 rings (SSSR count). The quantitative estimate of drug-likeness (QED) is 0.786. The molecular formula is C11H17BrN2O. The lowest BCUT2D eigenvalue weighted by Crippen LogP contribution is -2.04. The third-order valence-corrected chi connectivity index (χ3v) is 4.32. The molecular weight excluding hydrogens is 256 g/mol. The van der Waals surface area contributed by atoms with Gasteiger partial charge in [0.25, 0.3) is 0 Å². The molecule has 1 aliphatic rings. The molecule has 0 amide bonds. The van der Waals surface area contributed by atoms with E-state index in [1.165, 1.54) is 19.3 Å². The van der Waals surface area contributed by atoms with E-state index in [4.69, 9.17) is 4.52 Å². The molecule has 1 aliphatic carbocycles. The monoisotopic (exact) mass is 272 g/mol. The molecule has 1 heterocycles. The standard InChI is InChI=1S/C11H17BrN2O/c1-3-9(12)11-13-10(14-15-11)8-6-4-5-7(8)2/h7-9H,3-6H2,1-2H3. The fourth-order valence-electron chi connectivity index (χ4n) is 2.23. The maximum atomic E-state index is 5.27. The van der Waals surface area contributed by atoms with Crippen LogP contribution in [0.25, 0.3) is 0 Å². The Bertz CT molecular complexity index is 326. The van der Waals surface area contributed by atoms with Gasteiger partial charge in [0.15, 0.2) is 5.82 Å². The van der Waals surface area contributed by atoms with Crippen LogP contribution in [0.5, 0.6) is 0 Å². The molecule has 84 valence electrons. The maximum Gasteiger partial charge on any atom is 0.240 e. The first kappa shape index (κ1) is 11.1. The van der Waals surface area contributed by atoms with Crippen molar-refractivity contribution in [1.82, 2.24) is 10.1 Å². The lowest BCUT2D eigenvalue weighted by atomic mass is 9.98. The van der Waals surface area contributed by atoms with Crippen LogP contribution in [0.15, 0.2) is 4.52 Å². The molecule has 15 heavy (non-hydrogen) atoms. The van der Waals surface area contributed by atoms with Gasteiger partial charge in [-0.3, -0.25) is 0 Å². The highest BCUT2D eigenvalue weighted by molar-refractivity contribution is 9.09. The van der Waals surface area contributed by atoms with Crippen LogP contribution >= 0.6 is 15.9 Å². The van der Waals surface area contributed by atoms with Crippen molar-refractivity contribution in [2.75, 3.05) is 0 Å². The molecule has 0 aliphatic heterocycles. The van der Waals surface area contributed by atoms with E-state index in [0.29, 0.717) is 11.8 Å². The second-order valence-electron chi connectivity index (χ2n) is 4.38. The molecule has 0 bridgehead atoms. The molecule has 3 nitrogen and oxygen atoms in total. The van der Waals surface area contributed by atoms with Crippen molar-refractivity contribution < 1.29 is 4.52 Å². The lowest BCUT2D eigenvalue weighted by Gasteiger charge is -2.09. The van der Waals surface area contributed by atoms with Crippen molar-refractivity contribution in [3.63, 3.8) is 0 Å². The van der Waals surface area contributed by atoms with Gasteiger partial charge in [-0.15, -0.1) is 0 Å². The second kappa shape index (κ2) is 4.64. The van der Waals surface area contributed by atoms with Gasteiger partial charge >= 0.3 is 0 Å². The SMILES string of the molecule is CCC(Br)c1nc(C2CCCC2C)no1. The lowest BCUT2D eigenvalue weighted by molar-refractivity contribution is 0.363. The van der Waals surface area contributed by atoms with E-state index in [0.717, 1.165) is 18.1 Å². The normalized spacial score (nSPS) is 28.2. The summed E-state index contributed by atoms with van der Waals surface area (Å²) < 4.78 is 5.27. The van der Waals surface area contributed by atoms with Crippen LogP contribution in [0.2, 0.25) is 0 Å². The summed E-state index contributed by atoms with van der Waals surface area (Å²) in [7, 11) is 0. The Morgan fingerprint density at radius 1 is 1.53 bits per heavy atom. The van der Waals surface area contributed by atoms with Gasteiger partial charge in [-0.05, 0) is 25.2 Å². The van der Waals surface area contributed by atoms with Crippen LogP contribution in [0.4, 0.5) is 0 Å². The maximum absolute atomic E-state index is 5.27. The molecule has 1 aromatic rings. The van der Waals surface area contributed by atoms with E-state index in [1.54, 1.807) is 0 Å². The van der Waals surface area contributed by atoms with Gasteiger partial charge in [0.05, 0.1) is 4.83 Å². The van der Waals surface area contributed by atoms with Gasteiger partial charge in [0.2, 0.25) is 5.89 Å². The molecule has 0 aromatic carbocycles. The molecule has 3 atom stereocenters. The zero-order chi connectivity index (χ0) is 10.8. The minimum Gasteiger partial charge on any atom is -0.338 e. The van der Waals surface area contributed by atoms with Gasteiger partial charge in [0.1, 0.15) is 0 Å². The molecule has 0 saturated heterocycles. The van der Waals surface area contributed by atoms with Gasteiger partial charge < -0.3 is 4.52 Å². The van der Waals surface area contributed by atoms with Crippen molar-refractivity contribution in [3.05, 3.63) is 11.7 Å². The third-order valence-electron chi connectivity index (χ3n) is 3.28. The van der Waals surface area contributed by atoms with E-state index >= 15 is 0 Å². The Morgan fingerprint density at radius 3 is 2.93 bits per heavy atom. The predicted octanol–water partition coefficient (Wildman–Crippen LogP) is 3.82. The molecule has 1 fully saturated rings. The van der Waals surface area contributed by atoms with Crippen molar-refractivity contribution in [2.45, 2.75) is 50.3 Å². The zero-order valence-electron chi connectivity index (χ0n) is 9.24. The summed E-state index contributed by atoms with van der Waals surface area (Å²) in [5, 5.41) is 4.10. The van der Waals surface area contributed by atoms with E-state index in [9.17, 15) is 0 Å². The summed E-state index contributed by atoms with van der Waals surface area (Å²) in [6.45, 7) is 4.38. The average Bonchev–Trinajstić information content (AvgIpc) is 2.84. The predicted molar refractivity (Wildman–Crippen MR) is 62.0 cm³/mol. The number of aromatic nitrogens is 2. The number of nitrogens with zero attached hydrogens (tertiary/aromatic N) is 2. The van der Waals surface area contributed by atoms with E-state index in [2.05, 4.69) is 39.9 Å². The van der Waals surface area contributed by atoms with Crippen LogP contribution < -0.4 is 0 Å². The van der Waals surface area contributed by atoms with Crippen molar-refractivity contribution in [3.8, 4) is 0 Å². The molecule has 0 spiro atoms. The summed E-state index contributed by atoms with van der Waals surface area (Å²) in [4.78, 5) is 4.69. The number of hydrogen-bond acceptors (Lipinski definition) is 3. The van der Waals surface area contributed by atoms with Crippen LogP contribution in [-0.4, -0.2) is 10.1 Å². The minimum absolute atomic E-state index is 0.204. The number of alkyl halides is 1. The largest absolute Gasteiger partial charge is 0.338 e. The van der Waals surface area contributed by atoms with Gasteiger partial charge in [-0.1, -0.05) is 41.4 Å². The first-order valence-electron chi connectivity index (χ1n) is 5.70. The van der Waals surface area contributed by atoms with Crippen molar-refractivity contribution >= 4 is 15.9 Å². The summed E-state index contributed by atoms with van der Waals surface area (Å²) in [6.07, 6.45) is 4.77. The Morgan fingerprint density at radius 2 is 2.33 bits per heavy atom. The van der Waals surface area contributed by atoms with Crippen molar-refractivity contribution in [1.29, 1.82) is 0 Å². The highest BCUT2D eigenvalue weighted by Gasteiger charge is 2.29. The smallest absolute Gasteiger partial charge is 0.240 e. The third kappa shape index (κ3) is 2.25. The summed E-state index contributed by atoms with van der Waals surface area (Å²) in [6, 6.07) is 0. The molecule has 4 heteroatoms. The first-order valence-corrected chi connectivity index (χ1v) is 6.61. The number of hydrogen-bond donors (Lipinski definition) is 0. The van der Waals surface area contributed by atoms with E-state index in [1.807, 2.05) is 0 Å². The zero-order valence-corrected chi connectivity index (χ0v) is 10.8. The summed E-state index contributed by atoms with van der Waals surface area (Å²) >= 11 is 3.53. The highest BCUT2D eigenvalue weighted by atomic mass is 79.9. The highest BCUT2D eigenvalue weighted by Crippen LogP contribution is 2.38. The van der Waals surface area contributed by atoms with Crippen molar-refractivity contribution in [2.24, 2.45) is 5.92 Å². The molecule has 0 N–H and O–H groups in total. The average molecular weight is 273 g/mol. The van der Waals surface area contributed by atoms with Gasteiger partial charge in [0, 0.05) is 5.92 Å². The number of rotatable bonds is 3. The summed E-state index contributed by atoms with van der Waals surface area (Å²) in [5.41, 5.74) is 0. The minimum atomic E-state index is 0.204. The van der Waals surface area contributed by atoms with Crippen LogP contribution in [0, 0.1) is 5.92 Å². The fourth-order valence-corrected chi connectivity index (χ4v) is 2.41. The Hall–Kier alpha value is -0.380. The molecule has 1 aromatic heterocycles. The molecule has 1 saturated carbocycles. The first-order chi connectivity index (χ1) is 7.22. The van der Waals surface area contributed by atoms with Gasteiger partial charge in [-0.25, -0.2) is 0 Å². The molecule has 0 radical (unpaired) electrons. The Labute approximate surface area is 98.8 Å². The van der Waals surface area contributed by atoms with Crippen LogP contribution in [0.3, 0.4) is 0 Å². The molecule has 3 unspecified atom stereocenters. The van der Waals surface area contributed by atoms with Gasteiger partial charge in [-0.2, -0.15) is 4.98 Å². The van der Waals surface area contributed by atoms with E-state index < -0.39 is 0 Å².